The molecule has 3 aromatic rings. The van der Waals surface area contributed by atoms with E-state index in [9.17, 15) is 18.4 Å². The van der Waals surface area contributed by atoms with Crippen molar-refractivity contribution in [2.45, 2.75) is 19.5 Å². The molecule has 0 saturated heterocycles. The average molecular weight is 417 g/mol. The molecule has 6 nitrogen and oxygen atoms in total. The lowest BCUT2D eigenvalue weighted by molar-refractivity contribution is -0.138. The minimum Gasteiger partial charge on any atom is -0.493 e. The van der Waals surface area contributed by atoms with E-state index < -0.39 is 11.7 Å². The lowest BCUT2D eigenvalue weighted by Crippen LogP contribution is -2.20. The van der Waals surface area contributed by atoms with E-state index in [0.29, 0.717) is 17.5 Å². The number of nitriles is 1. The SMILES string of the molecule is CCN(C)CCCOc1ccc(-c2cc3c(ncn3C)c(C#N)n2)cc1C(F)(F)F. The van der Waals surface area contributed by atoms with Crippen molar-refractivity contribution in [1.82, 2.24) is 19.4 Å². The summed E-state index contributed by atoms with van der Waals surface area (Å²) in [6.07, 6.45) is -2.43. The third kappa shape index (κ3) is 4.54. The van der Waals surface area contributed by atoms with Gasteiger partial charge in [0.15, 0.2) is 5.69 Å². The van der Waals surface area contributed by atoms with Crippen LogP contribution in [0.2, 0.25) is 0 Å². The van der Waals surface area contributed by atoms with Crippen molar-refractivity contribution < 1.29 is 17.9 Å². The Balaban J connectivity index is 1.95. The molecule has 0 atom stereocenters. The van der Waals surface area contributed by atoms with E-state index in [1.807, 2.05) is 20.0 Å². The summed E-state index contributed by atoms with van der Waals surface area (Å²) in [6, 6.07) is 7.43. The van der Waals surface area contributed by atoms with Gasteiger partial charge < -0.3 is 14.2 Å². The molecule has 0 aliphatic heterocycles. The van der Waals surface area contributed by atoms with Crippen LogP contribution in [-0.2, 0) is 13.2 Å². The van der Waals surface area contributed by atoms with Crippen LogP contribution in [0.25, 0.3) is 22.3 Å². The van der Waals surface area contributed by atoms with Gasteiger partial charge in [0, 0.05) is 19.2 Å². The highest BCUT2D eigenvalue weighted by molar-refractivity contribution is 5.84. The van der Waals surface area contributed by atoms with E-state index in [-0.39, 0.29) is 29.3 Å². The third-order valence-electron chi connectivity index (χ3n) is 4.88. The van der Waals surface area contributed by atoms with E-state index in [1.165, 1.54) is 18.5 Å². The topological polar surface area (TPSA) is 67.0 Å². The van der Waals surface area contributed by atoms with Gasteiger partial charge in [-0.15, -0.1) is 0 Å². The number of pyridine rings is 1. The Kier molecular flexibility index (Phi) is 6.27. The number of hydrogen-bond acceptors (Lipinski definition) is 5. The number of aryl methyl sites for hydroxylation is 1. The molecule has 0 radical (unpaired) electrons. The first-order valence-electron chi connectivity index (χ1n) is 9.49. The summed E-state index contributed by atoms with van der Waals surface area (Å²) in [7, 11) is 3.69. The third-order valence-corrected chi connectivity index (χ3v) is 4.88. The molecule has 1 aromatic carbocycles. The summed E-state index contributed by atoms with van der Waals surface area (Å²) in [5.41, 5.74) is 0.748. The van der Waals surface area contributed by atoms with Crippen molar-refractivity contribution in [3.63, 3.8) is 0 Å². The van der Waals surface area contributed by atoms with Crippen molar-refractivity contribution in [2.75, 3.05) is 26.7 Å². The number of benzene rings is 1. The Labute approximate surface area is 172 Å². The first kappa shape index (κ1) is 21.6. The second kappa shape index (κ2) is 8.71. The molecule has 0 amide bonds. The van der Waals surface area contributed by atoms with Crippen LogP contribution in [0.15, 0.2) is 30.6 Å². The normalized spacial score (nSPS) is 11.8. The largest absolute Gasteiger partial charge is 0.493 e. The highest BCUT2D eigenvalue weighted by Gasteiger charge is 2.35. The van der Waals surface area contributed by atoms with E-state index in [2.05, 4.69) is 14.9 Å². The number of nitrogens with zero attached hydrogens (tertiary/aromatic N) is 5. The quantitative estimate of drug-likeness (QED) is 0.538. The Morgan fingerprint density at radius 1 is 1.27 bits per heavy atom. The summed E-state index contributed by atoms with van der Waals surface area (Å²) in [6.45, 7) is 3.79. The van der Waals surface area contributed by atoms with Crippen LogP contribution in [0.1, 0.15) is 24.6 Å². The zero-order valence-electron chi connectivity index (χ0n) is 17.0. The number of halogens is 3. The zero-order valence-corrected chi connectivity index (χ0v) is 17.0. The molecule has 0 aliphatic carbocycles. The number of hydrogen-bond donors (Lipinski definition) is 0. The molecule has 2 heterocycles. The van der Waals surface area contributed by atoms with Crippen LogP contribution in [0, 0.1) is 11.3 Å². The minimum absolute atomic E-state index is 0.0667. The molecule has 0 unspecified atom stereocenters. The van der Waals surface area contributed by atoms with Crippen LogP contribution in [-0.4, -0.2) is 46.2 Å². The maximum Gasteiger partial charge on any atom is 0.419 e. The molecular weight excluding hydrogens is 395 g/mol. The summed E-state index contributed by atoms with van der Waals surface area (Å²) in [4.78, 5) is 10.4. The average Bonchev–Trinajstić information content (AvgIpc) is 3.10. The van der Waals surface area contributed by atoms with Gasteiger partial charge in [-0.3, -0.25) is 0 Å². The van der Waals surface area contributed by atoms with E-state index in [0.717, 1.165) is 19.2 Å². The fraction of sp³-hybridized carbons (Fsp3) is 0.381. The monoisotopic (exact) mass is 417 g/mol. The van der Waals surface area contributed by atoms with Gasteiger partial charge in [-0.25, -0.2) is 9.97 Å². The van der Waals surface area contributed by atoms with Gasteiger partial charge in [-0.1, -0.05) is 6.92 Å². The Bertz CT molecular complexity index is 1080. The molecule has 0 saturated carbocycles. The Morgan fingerprint density at radius 2 is 2.03 bits per heavy atom. The molecule has 158 valence electrons. The summed E-state index contributed by atoms with van der Waals surface area (Å²) in [5.74, 6) is -0.215. The highest BCUT2D eigenvalue weighted by atomic mass is 19.4. The lowest BCUT2D eigenvalue weighted by Gasteiger charge is -2.17. The van der Waals surface area contributed by atoms with Crippen LogP contribution < -0.4 is 4.74 Å². The maximum atomic E-state index is 13.7. The van der Waals surface area contributed by atoms with Crippen LogP contribution in [0.5, 0.6) is 5.75 Å². The van der Waals surface area contributed by atoms with Gasteiger partial charge in [-0.05, 0) is 44.3 Å². The molecule has 2 aromatic heterocycles. The van der Waals surface area contributed by atoms with Gasteiger partial charge in [0.2, 0.25) is 0 Å². The van der Waals surface area contributed by atoms with Crippen molar-refractivity contribution in [3.05, 3.63) is 41.9 Å². The van der Waals surface area contributed by atoms with Crippen molar-refractivity contribution >= 4 is 11.0 Å². The summed E-state index contributed by atoms with van der Waals surface area (Å²) < 4.78 is 48.2. The first-order chi connectivity index (χ1) is 14.2. The maximum absolute atomic E-state index is 13.7. The predicted octanol–water partition coefficient (Wildman–Crippen LogP) is 4.25. The summed E-state index contributed by atoms with van der Waals surface area (Å²) >= 11 is 0. The van der Waals surface area contributed by atoms with Crippen molar-refractivity contribution in [2.24, 2.45) is 7.05 Å². The van der Waals surface area contributed by atoms with Gasteiger partial charge in [-0.2, -0.15) is 18.4 Å². The van der Waals surface area contributed by atoms with E-state index >= 15 is 0 Å². The molecule has 0 aliphatic rings. The number of imidazole rings is 1. The van der Waals surface area contributed by atoms with Gasteiger partial charge in [0.25, 0.3) is 0 Å². The van der Waals surface area contributed by atoms with Gasteiger partial charge >= 0.3 is 6.18 Å². The molecule has 0 N–H and O–H groups in total. The summed E-state index contributed by atoms with van der Waals surface area (Å²) in [5, 5.41) is 9.36. The number of ether oxygens (including phenoxy) is 1. The number of rotatable bonds is 7. The Morgan fingerprint density at radius 3 is 2.70 bits per heavy atom. The number of alkyl halides is 3. The zero-order chi connectivity index (χ0) is 21.9. The molecule has 0 spiro atoms. The molecule has 30 heavy (non-hydrogen) atoms. The van der Waals surface area contributed by atoms with Crippen LogP contribution in [0.4, 0.5) is 13.2 Å². The first-order valence-corrected chi connectivity index (χ1v) is 9.49. The number of aromatic nitrogens is 3. The van der Waals surface area contributed by atoms with Crippen LogP contribution in [0.3, 0.4) is 0 Å². The second-order valence-corrected chi connectivity index (χ2v) is 7.00. The van der Waals surface area contributed by atoms with Gasteiger partial charge in [0.05, 0.1) is 29.7 Å². The molecular formula is C21H22F3N5O. The minimum atomic E-state index is -4.58. The molecule has 9 heteroatoms. The smallest absolute Gasteiger partial charge is 0.419 e. The van der Waals surface area contributed by atoms with Crippen molar-refractivity contribution in [1.29, 1.82) is 5.26 Å². The standard InChI is InChI=1S/C21H22F3N5O/c1-4-28(2)8-5-9-30-19-7-6-14(10-15(19)21(22,23)24)16-11-18-20(17(12-25)27-16)26-13-29(18)3/h6-7,10-11,13H,4-5,8-9H2,1-3H3. The fourth-order valence-corrected chi connectivity index (χ4v) is 3.06. The number of fused-ring (bicyclic) bond motifs is 1. The van der Waals surface area contributed by atoms with Crippen molar-refractivity contribution in [3.8, 4) is 23.1 Å². The fourth-order valence-electron chi connectivity index (χ4n) is 3.06. The molecule has 0 bridgehead atoms. The van der Waals surface area contributed by atoms with Crippen LogP contribution >= 0.6 is 0 Å². The van der Waals surface area contributed by atoms with E-state index in [1.54, 1.807) is 17.7 Å². The predicted molar refractivity (Wildman–Crippen MR) is 107 cm³/mol. The molecule has 3 rings (SSSR count). The second-order valence-electron chi connectivity index (χ2n) is 7.00. The molecule has 0 fully saturated rings. The van der Waals surface area contributed by atoms with Gasteiger partial charge in [0.1, 0.15) is 17.3 Å². The lowest BCUT2D eigenvalue weighted by atomic mass is 10.1. The Hall–Kier alpha value is -3.12. The van der Waals surface area contributed by atoms with E-state index in [4.69, 9.17) is 4.74 Å². The highest BCUT2D eigenvalue weighted by Crippen LogP contribution is 2.39.